The van der Waals surface area contributed by atoms with Gasteiger partial charge in [0.1, 0.15) is 0 Å². The van der Waals surface area contributed by atoms with Gasteiger partial charge in [0, 0.05) is 13.1 Å². The zero-order valence-electron chi connectivity index (χ0n) is 10.8. The molecular weight excluding hydrogens is 273 g/mol. The van der Waals surface area contributed by atoms with Gasteiger partial charge in [-0.1, -0.05) is 17.7 Å². The number of nitrogens with zero attached hydrogens (tertiary/aromatic N) is 1. The number of esters is 1. The van der Waals surface area contributed by atoms with E-state index in [2.05, 4.69) is 4.74 Å². The van der Waals surface area contributed by atoms with Crippen LogP contribution in [0.3, 0.4) is 0 Å². The summed E-state index contributed by atoms with van der Waals surface area (Å²) < 4.78 is 18.2. The van der Waals surface area contributed by atoms with E-state index in [1.54, 1.807) is 6.92 Å². The van der Waals surface area contributed by atoms with E-state index in [4.69, 9.17) is 11.6 Å². The van der Waals surface area contributed by atoms with Crippen molar-refractivity contribution in [2.24, 2.45) is 0 Å². The van der Waals surface area contributed by atoms with Gasteiger partial charge < -0.3 is 9.64 Å². The van der Waals surface area contributed by atoms with Crippen molar-refractivity contribution in [3.8, 4) is 0 Å². The Kier molecular flexibility index (Phi) is 5.76. The number of carbonyl (C=O) groups is 2. The standard InChI is InChI=1S/C13H15ClFNO3/c1-3-16(8-7-11(17)19-2)13(18)9-5-4-6-10(14)12(9)15/h4-6H,3,7-8H2,1-2H3. The number of amides is 1. The molecule has 0 N–H and O–H groups in total. The van der Waals surface area contributed by atoms with Crippen LogP contribution in [0.5, 0.6) is 0 Å². The Hall–Kier alpha value is -1.62. The number of rotatable bonds is 5. The van der Waals surface area contributed by atoms with E-state index in [1.807, 2.05) is 0 Å². The molecule has 19 heavy (non-hydrogen) atoms. The average Bonchev–Trinajstić information content (AvgIpc) is 2.41. The van der Waals surface area contributed by atoms with E-state index in [0.29, 0.717) is 6.54 Å². The predicted molar refractivity (Wildman–Crippen MR) is 69.6 cm³/mol. The lowest BCUT2D eigenvalue weighted by Crippen LogP contribution is -2.33. The van der Waals surface area contributed by atoms with Crippen molar-refractivity contribution >= 4 is 23.5 Å². The molecule has 104 valence electrons. The molecule has 1 aromatic rings. The topological polar surface area (TPSA) is 46.6 Å². The summed E-state index contributed by atoms with van der Waals surface area (Å²) in [5, 5.41) is -0.102. The minimum atomic E-state index is -0.745. The number of hydrogen-bond donors (Lipinski definition) is 0. The second-order valence-electron chi connectivity index (χ2n) is 3.81. The summed E-state index contributed by atoms with van der Waals surface area (Å²) in [6, 6.07) is 4.25. The quantitative estimate of drug-likeness (QED) is 0.782. The number of ether oxygens (including phenoxy) is 1. The first-order chi connectivity index (χ1) is 9.01. The molecule has 0 atom stereocenters. The molecule has 1 aromatic carbocycles. The number of carbonyl (C=O) groups excluding carboxylic acids is 2. The van der Waals surface area contributed by atoms with Crippen LogP contribution in [0.2, 0.25) is 5.02 Å². The maximum absolute atomic E-state index is 13.7. The fourth-order valence-corrected chi connectivity index (χ4v) is 1.75. The van der Waals surface area contributed by atoms with Crippen LogP contribution in [0.1, 0.15) is 23.7 Å². The smallest absolute Gasteiger partial charge is 0.307 e. The highest BCUT2D eigenvalue weighted by Crippen LogP contribution is 2.19. The molecule has 0 saturated carbocycles. The first-order valence-electron chi connectivity index (χ1n) is 5.81. The molecule has 1 amide bonds. The lowest BCUT2D eigenvalue weighted by atomic mass is 10.1. The summed E-state index contributed by atoms with van der Waals surface area (Å²) in [6.45, 7) is 2.29. The predicted octanol–water partition coefficient (Wildman–Crippen LogP) is 2.50. The van der Waals surface area contributed by atoms with Crippen LogP contribution in [-0.4, -0.2) is 37.0 Å². The Bertz CT molecular complexity index is 479. The summed E-state index contributed by atoms with van der Waals surface area (Å²) in [5.74, 6) is -1.66. The van der Waals surface area contributed by atoms with E-state index in [9.17, 15) is 14.0 Å². The molecule has 0 aliphatic heterocycles. The highest BCUT2D eigenvalue weighted by atomic mass is 35.5. The van der Waals surface area contributed by atoms with Crippen molar-refractivity contribution in [2.75, 3.05) is 20.2 Å². The highest BCUT2D eigenvalue weighted by Gasteiger charge is 2.20. The molecule has 0 heterocycles. The van der Waals surface area contributed by atoms with Gasteiger partial charge in [-0.15, -0.1) is 0 Å². The first-order valence-corrected chi connectivity index (χ1v) is 6.19. The number of methoxy groups -OCH3 is 1. The zero-order valence-corrected chi connectivity index (χ0v) is 11.5. The monoisotopic (exact) mass is 287 g/mol. The number of halogens is 2. The normalized spacial score (nSPS) is 10.1. The SMILES string of the molecule is CCN(CCC(=O)OC)C(=O)c1cccc(Cl)c1F. The molecular formula is C13H15ClFNO3. The average molecular weight is 288 g/mol. The molecule has 0 aliphatic rings. The van der Waals surface area contributed by atoms with Gasteiger partial charge in [-0.05, 0) is 19.1 Å². The Balaban J connectivity index is 2.84. The van der Waals surface area contributed by atoms with E-state index in [1.165, 1.54) is 30.2 Å². The summed E-state index contributed by atoms with van der Waals surface area (Å²) in [7, 11) is 1.27. The third kappa shape index (κ3) is 3.92. The lowest BCUT2D eigenvalue weighted by molar-refractivity contribution is -0.140. The van der Waals surface area contributed by atoms with Gasteiger partial charge in [-0.3, -0.25) is 9.59 Å². The Morgan fingerprint density at radius 2 is 2.11 bits per heavy atom. The molecule has 0 spiro atoms. The van der Waals surface area contributed by atoms with Gasteiger partial charge in [-0.25, -0.2) is 4.39 Å². The molecule has 4 nitrogen and oxygen atoms in total. The van der Waals surface area contributed by atoms with E-state index >= 15 is 0 Å². The fraction of sp³-hybridized carbons (Fsp3) is 0.385. The maximum atomic E-state index is 13.7. The van der Waals surface area contributed by atoms with Crippen LogP contribution in [0.25, 0.3) is 0 Å². The van der Waals surface area contributed by atoms with E-state index in [-0.39, 0.29) is 23.6 Å². The fourth-order valence-electron chi connectivity index (χ4n) is 1.57. The maximum Gasteiger partial charge on any atom is 0.307 e. The summed E-state index contributed by atoms with van der Waals surface area (Å²) >= 11 is 5.64. The van der Waals surface area contributed by atoms with Crippen LogP contribution in [0.15, 0.2) is 18.2 Å². The van der Waals surface area contributed by atoms with Crippen molar-refractivity contribution in [3.63, 3.8) is 0 Å². The van der Waals surface area contributed by atoms with Gasteiger partial charge in [0.2, 0.25) is 0 Å². The Morgan fingerprint density at radius 3 is 2.68 bits per heavy atom. The van der Waals surface area contributed by atoms with Gasteiger partial charge in [0.05, 0.1) is 24.1 Å². The van der Waals surface area contributed by atoms with Crippen LogP contribution in [0.4, 0.5) is 4.39 Å². The second kappa shape index (κ2) is 7.09. The summed E-state index contributed by atoms with van der Waals surface area (Å²) in [4.78, 5) is 24.5. The molecule has 0 aromatic heterocycles. The van der Waals surface area contributed by atoms with E-state index in [0.717, 1.165) is 0 Å². The van der Waals surface area contributed by atoms with Crippen molar-refractivity contribution in [1.29, 1.82) is 0 Å². The molecule has 0 saturated heterocycles. The van der Waals surface area contributed by atoms with Crippen molar-refractivity contribution in [2.45, 2.75) is 13.3 Å². The first kappa shape index (κ1) is 15.4. The lowest BCUT2D eigenvalue weighted by Gasteiger charge is -2.20. The second-order valence-corrected chi connectivity index (χ2v) is 4.22. The largest absolute Gasteiger partial charge is 0.469 e. The van der Waals surface area contributed by atoms with Gasteiger partial charge in [-0.2, -0.15) is 0 Å². The van der Waals surface area contributed by atoms with Crippen LogP contribution in [0, 0.1) is 5.82 Å². The number of benzene rings is 1. The summed E-state index contributed by atoms with van der Waals surface area (Å²) in [6.07, 6.45) is 0.0677. The Labute approximate surface area is 116 Å². The van der Waals surface area contributed by atoms with Gasteiger partial charge >= 0.3 is 5.97 Å². The molecule has 0 fully saturated rings. The van der Waals surface area contributed by atoms with Crippen LogP contribution >= 0.6 is 11.6 Å². The van der Waals surface area contributed by atoms with Crippen molar-refractivity contribution < 1.29 is 18.7 Å². The zero-order chi connectivity index (χ0) is 14.4. The van der Waals surface area contributed by atoms with Gasteiger partial charge in [0.15, 0.2) is 5.82 Å². The minimum absolute atomic E-state index is 0.0677. The Morgan fingerprint density at radius 1 is 1.42 bits per heavy atom. The summed E-state index contributed by atoms with van der Waals surface area (Å²) in [5.41, 5.74) is -0.0979. The van der Waals surface area contributed by atoms with E-state index < -0.39 is 17.7 Å². The van der Waals surface area contributed by atoms with Crippen molar-refractivity contribution in [1.82, 2.24) is 4.90 Å². The highest BCUT2D eigenvalue weighted by molar-refractivity contribution is 6.31. The molecule has 0 aliphatic carbocycles. The number of hydrogen-bond acceptors (Lipinski definition) is 3. The van der Waals surface area contributed by atoms with Crippen molar-refractivity contribution in [3.05, 3.63) is 34.6 Å². The molecule has 0 bridgehead atoms. The third-order valence-electron chi connectivity index (χ3n) is 2.66. The molecule has 6 heteroatoms. The third-order valence-corrected chi connectivity index (χ3v) is 2.96. The van der Waals surface area contributed by atoms with Crippen LogP contribution < -0.4 is 0 Å². The molecule has 1 rings (SSSR count). The minimum Gasteiger partial charge on any atom is -0.469 e. The molecule has 0 radical (unpaired) electrons. The van der Waals surface area contributed by atoms with Crippen LogP contribution in [-0.2, 0) is 9.53 Å². The molecule has 0 unspecified atom stereocenters. The van der Waals surface area contributed by atoms with Gasteiger partial charge in [0.25, 0.3) is 5.91 Å².